The number of hydrogen-bond donors (Lipinski definition) is 1. The monoisotopic (exact) mass is 214 g/mol. The second-order valence-corrected chi connectivity index (χ2v) is 4.24. The normalized spacial score (nSPS) is 15.7. The van der Waals surface area contributed by atoms with E-state index in [4.69, 9.17) is 5.11 Å². The van der Waals surface area contributed by atoms with E-state index in [1.807, 2.05) is 16.8 Å². The van der Waals surface area contributed by atoms with Crippen LogP contribution in [-0.4, -0.2) is 60.1 Å². The molecule has 15 heavy (non-hydrogen) atoms. The first kappa shape index (κ1) is 12.5. The molecule has 88 valence electrons. The van der Waals surface area contributed by atoms with Gasteiger partial charge in [0.2, 0.25) is 5.91 Å². The largest absolute Gasteiger partial charge is 0.395 e. The van der Waals surface area contributed by atoms with Gasteiger partial charge >= 0.3 is 0 Å². The molecule has 4 nitrogen and oxygen atoms in total. The van der Waals surface area contributed by atoms with Gasteiger partial charge in [-0.15, -0.1) is 0 Å². The van der Waals surface area contributed by atoms with Crippen LogP contribution in [0.5, 0.6) is 0 Å². The van der Waals surface area contributed by atoms with Gasteiger partial charge in [0.1, 0.15) is 0 Å². The summed E-state index contributed by atoms with van der Waals surface area (Å²) in [6.07, 6.45) is 3.31. The van der Waals surface area contributed by atoms with E-state index in [2.05, 4.69) is 6.92 Å². The van der Waals surface area contributed by atoms with Crippen molar-refractivity contribution < 1.29 is 9.90 Å². The molecule has 0 spiro atoms. The first-order valence-electron chi connectivity index (χ1n) is 5.78. The van der Waals surface area contributed by atoms with Crippen LogP contribution >= 0.6 is 0 Å². The predicted octanol–water partition coefficient (Wildman–Crippen LogP) is 0.311. The van der Waals surface area contributed by atoms with E-state index >= 15 is 0 Å². The third-order valence-electron chi connectivity index (χ3n) is 2.80. The van der Waals surface area contributed by atoms with Gasteiger partial charge in [-0.1, -0.05) is 6.92 Å². The van der Waals surface area contributed by atoms with Crippen molar-refractivity contribution in [3.8, 4) is 0 Å². The fraction of sp³-hybridized carbons (Fsp3) is 0.909. The van der Waals surface area contributed by atoms with Crippen molar-refractivity contribution in [1.82, 2.24) is 9.80 Å². The van der Waals surface area contributed by atoms with Crippen LogP contribution in [0.25, 0.3) is 0 Å². The van der Waals surface area contributed by atoms with Crippen LogP contribution in [0.4, 0.5) is 0 Å². The topological polar surface area (TPSA) is 43.8 Å². The summed E-state index contributed by atoms with van der Waals surface area (Å²) >= 11 is 0. The van der Waals surface area contributed by atoms with Crippen molar-refractivity contribution in [3.05, 3.63) is 0 Å². The smallest absolute Gasteiger partial charge is 0.236 e. The SMILES string of the molecule is CCCN(CCO)CC(=O)N(C)C1CC1. The van der Waals surface area contributed by atoms with Gasteiger partial charge in [-0.2, -0.15) is 0 Å². The summed E-state index contributed by atoms with van der Waals surface area (Å²) < 4.78 is 0. The molecule has 1 amide bonds. The molecule has 1 aliphatic carbocycles. The molecule has 4 heteroatoms. The van der Waals surface area contributed by atoms with Crippen LogP contribution in [0.15, 0.2) is 0 Å². The molecule has 1 fully saturated rings. The standard InChI is InChI=1S/C11H22N2O2/c1-3-6-13(7-8-14)9-11(15)12(2)10-4-5-10/h10,14H,3-9H2,1-2H3. The molecule has 0 aromatic heterocycles. The molecule has 0 heterocycles. The van der Waals surface area contributed by atoms with Crippen molar-refractivity contribution >= 4 is 5.91 Å². The molecule has 0 unspecified atom stereocenters. The van der Waals surface area contributed by atoms with Crippen LogP contribution in [0.1, 0.15) is 26.2 Å². The van der Waals surface area contributed by atoms with Gasteiger partial charge in [-0.3, -0.25) is 9.69 Å². The summed E-state index contributed by atoms with van der Waals surface area (Å²) in [4.78, 5) is 15.6. The first-order valence-corrected chi connectivity index (χ1v) is 5.78. The summed E-state index contributed by atoms with van der Waals surface area (Å²) in [5, 5.41) is 8.87. The maximum Gasteiger partial charge on any atom is 0.236 e. The van der Waals surface area contributed by atoms with Crippen molar-refractivity contribution in [2.24, 2.45) is 0 Å². The van der Waals surface area contributed by atoms with Crippen molar-refractivity contribution in [2.75, 3.05) is 33.3 Å². The Hall–Kier alpha value is -0.610. The first-order chi connectivity index (χ1) is 7.19. The molecule has 1 rings (SSSR count). The number of aliphatic hydroxyl groups excluding tert-OH is 1. The number of aliphatic hydroxyl groups is 1. The van der Waals surface area contributed by atoms with Gasteiger partial charge in [0.25, 0.3) is 0 Å². The Bertz CT molecular complexity index is 199. The predicted molar refractivity (Wildman–Crippen MR) is 59.6 cm³/mol. The third kappa shape index (κ3) is 4.18. The molecule has 0 aromatic rings. The number of rotatable bonds is 7. The Kier molecular flexibility index (Phi) is 5.05. The Morgan fingerprint density at radius 3 is 2.53 bits per heavy atom. The molecular formula is C11H22N2O2. The maximum absolute atomic E-state index is 11.8. The Labute approximate surface area is 91.9 Å². The maximum atomic E-state index is 11.8. The highest BCUT2D eigenvalue weighted by Crippen LogP contribution is 2.25. The lowest BCUT2D eigenvalue weighted by atomic mass is 10.3. The van der Waals surface area contributed by atoms with Gasteiger partial charge in [0, 0.05) is 19.6 Å². The van der Waals surface area contributed by atoms with Gasteiger partial charge in [0.15, 0.2) is 0 Å². The summed E-state index contributed by atoms with van der Waals surface area (Å²) in [5.41, 5.74) is 0. The zero-order valence-electron chi connectivity index (χ0n) is 9.78. The van der Waals surface area contributed by atoms with E-state index in [9.17, 15) is 4.79 Å². The number of likely N-dealkylation sites (N-methyl/N-ethyl adjacent to an activating group) is 1. The van der Waals surface area contributed by atoms with E-state index in [-0.39, 0.29) is 12.5 Å². The minimum Gasteiger partial charge on any atom is -0.395 e. The average Bonchev–Trinajstić information content (AvgIpc) is 3.00. The molecule has 0 atom stereocenters. The molecule has 1 N–H and O–H groups in total. The molecule has 0 bridgehead atoms. The average molecular weight is 214 g/mol. The molecular weight excluding hydrogens is 192 g/mol. The second-order valence-electron chi connectivity index (χ2n) is 4.24. The fourth-order valence-electron chi connectivity index (χ4n) is 1.70. The molecule has 1 saturated carbocycles. The minimum absolute atomic E-state index is 0.125. The summed E-state index contributed by atoms with van der Waals surface area (Å²) in [6.45, 7) is 4.13. The highest BCUT2D eigenvalue weighted by atomic mass is 16.3. The van der Waals surface area contributed by atoms with Crippen LogP contribution in [0.3, 0.4) is 0 Å². The van der Waals surface area contributed by atoms with Gasteiger partial charge < -0.3 is 10.0 Å². The van der Waals surface area contributed by atoms with Crippen LogP contribution in [0.2, 0.25) is 0 Å². The lowest BCUT2D eigenvalue weighted by molar-refractivity contribution is -0.131. The van der Waals surface area contributed by atoms with E-state index < -0.39 is 0 Å². The number of nitrogens with zero attached hydrogens (tertiary/aromatic N) is 2. The Morgan fingerprint density at radius 1 is 1.40 bits per heavy atom. The zero-order chi connectivity index (χ0) is 11.3. The molecule has 0 aliphatic heterocycles. The van der Waals surface area contributed by atoms with E-state index in [0.29, 0.717) is 19.1 Å². The van der Waals surface area contributed by atoms with Gasteiger partial charge in [-0.25, -0.2) is 0 Å². The van der Waals surface area contributed by atoms with Crippen LogP contribution in [0, 0.1) is 0 Å². The van der Waals surface area contributed by atoms with Gasteiger partial charge in [0.05, 0.1) is 13.2 Å². The fourth-order valence-corrected chi connectivity index (χ4v) is 1.70. The molecule has 1 aliphatic rings. The quantitative estimate of drug-likeness (QED) is 0.663. The van der Waals surface area contributed by atoms with E-state index in [1.165, 1.54) is 0 Å². The van der Waals surface area contributed by atoms with E-state index in [1.54, 1.807) is 0 Å². The second kappa shape index (κ2) is 6.08. The third-order valence-corrected chi connectivity index (χ3v) is 2.80. The van der Waals surface area contributed by atoms with Crippen molar-refractivity contribution in [3.63, 3.8) is 0 Å². The Balaban J connectivity index is 2.31. The summed E-state index contributed by atoms with van der Waals surface area (Å²) in [7, 11) is 1.88. The molecule has 0 aromatic carbocycles. The van der Waals surface area contributed by atoms with Crippen LogP contribution < -0.4 is 0 Å². The molecule has 0 saturated heterocycles. The van der Waals surface area contributed by atoms with Crippen molar-refractivity contribution in [1.29, 1.82) is 0 Å². The van der Waals surface area contributed by atoms with Gasteiger partial charge in [-0.05, 0) is 25.8 Å². The van der Waals surface area contributed by atoms with Crippen molar-refractivity contribution in [2.45, 2.75) is 32.2 Å². The summed E-state index contributed by atoms with van der Waals surface area (Å²) in [5.74, 6) is 0.180. The number of carbonyl (C=O) groups excluding carboxylic acids is 1. The molecule has 0 radical (unpaired) electrons. The lowest BCUT2D eigenvalue weighted by Crippen LogP contribution is -2.40. The number of carbonyl (C=O) groups is 1. The highest BCUT2D eigenvalue weighted by molar-refractivity contribution is 5.78. The Morgan fingerprint density at radius 2 is 2.07 bits per heavy atom. The summed E-state index contributed by atoms with van der Waals surface area (Å²) in [6, 6.07) is 0.482. The van der Waals surface area contributed by atoms with E-state index in [0.717, 1.165) is 25.8 Å². The minimum atomic E-state index is 0.125. The number of amides is 1. The highest BCUT2D eigenvalue weighted by Gasteiger charge is 2.29. The van der Waals surface area contributed by atoms with Crippen LogP contribution in [-0.2, 0) is 4.79 Å². The lowest BCUT2D eigenvalue weighted by Gasteiger charge is -2.23. The number of hydrogen-bond acceptors (Lipinski definition) is 3. The zero-order valence-corrected chi connectivity index (χ0v) is 9.78.